The number of rotatable bonds is 0. The molecular formula is C3H14OSi2. The highest BCUT2D eigenvalue weighted by molar-refractivity contribution is 6.75. The SMILES string of the molecule is CC(C)O.[SiH3][SiH3]. The Morgan fingerprint density at radius 2 is 1.33 bits per heavy atom. The van der Waals surface area contributed by atoms with Crippen LogP contribution in [-0.2, 0) is 0 Å². The van der Waals surface area contributed by atoms with Crippen molar-refractivity contribution in [3.63, 3.8) is 0 Å². The summed E-state index contributed by atoms with van der Waals surface area (Å²) in [5, 5.41) is 8.06. The minimum atomic E-state index is -0.167. The van der Waals surface area contributed by atoms with Crippen molar-refractivity contribution in [2.45, 2.75) is 20.0 Å². The summed E-state index contributed by atoms with van der Waals surface area (Å²) in [6.07, 6.45) is -0.167. The summed E-state index contributed by atoms with van der Waals surface area (Å²) in [6.45, 7) is 3.44. The number of hydrogen-bond acceptors (Lipinski definition) is 1. The number of aliphatic hydroxyl groups is 1. The van der Waals surface area contributed by atoms with Gasteiger partial charge in [0.25, 0.3) is 0 Å². The van der Waals surface area contributed by atoms with E-state index in [9.17, 15) is 0 Å². The average Bonchev–Trinajstić information content (AvgIpc) is 1.41. The van der Waals surface area contributed by atoms with Crippen LogP contribution < -0.4 is 0 Å². The molecule has 1 nitrogen and oxygen atoms in total. The van der Waals surface area contributed by atoms with Crippen molar-refractivity contribution in [1.29, 1.82) is 0 Å². The van der Waals surface area contributed by atoms with Crippen molar-refractivity contribution in [2.75, 3.05) is 0 Å². The van der Waals surface area contributed by atoms with E-state index in [2.05, 4.69) is 0 Å². The third-order valence-electron chi connectivity index (χ3n) is 0. The first-order chi connectivity index (χ1) is 2.73. The molecule has 0 rings (SSSR count). The van der Waals surface area contributed by atoms with E-state index in [1.165, 1.54) is 19.5 Å². The third kappa shape index (κ3) is 326. The normalized spacial score (nSPS) is 8.00. The van der Waals surface area contributed by atoms with Crippen molar-refractivity contribution in [3.05, 3.63) is 0 Å². The average molecular weight is 122 g/mol. The van der Waals surface area contributed by atoms with E-state index >= 15 is 0 Å². The predicted molar refractivity (Wildman–Crippen MR) is 37.2 cm³/mol. The Hall–Kier alpha value is 0.394. The van der Waals surface area contributed by atoms with Crippen LogP contribution in [0.4, 0.5) is 0 Å². The van der Waals surface area contributed by atoms with Crippen LogP contribution in [0.25, 0.3) is 0 Å². The van der Waals surface area contributed by atoms with Gasteiger partial charge in [-0.1, -0.05) is 0 Å². The van der Waals surface area contributed by atoms with Gasteiger partial charge in [-0.3, -0.25) is 0 Å². The Labute approximate surface area is 45.4 Å². The summed E-state index contributed by atoms with van der Waals surface area (Å²) in [7, 11) is 2.89. The largest absolute Gasteiger partial charge is 0.394 e. The topological polar surface area (TPSA) is 20.2 Å². The third-order valence-corrected chi connectivity index (χ3v) is 0. The maximum Gasteiger partial charge on any atom is 0.0483 e. The van der Waals surface area contributed by atoms with Gasteiger partial charge in [0, 0.05) is 6.10 Å². The van der Waals surface area contributed by atoms with Crippen LogP contribution in [0.3, 0.4) is 0 Å². The standard InChI is InChI=1S/C3H8O.H6Si2/c1-3(2)4;1-2/h3-4H,1-2H3;1-2H3. The Morgan fingerprint density at radius 3 is 1.33 bits per heavy atom. The Morgan fingerprint density at radius 1 is 1.33 bits per heavy atom. The zero-order valence-electron chi connectivity index (χ0n) is 5.02. The number of aliphatic hydroxyl groups excluding tert-OH is 1. The van der Waals surface area contributed by atoms with E-state index < -0.39 is 0 Å². The summed E-state index contributed by atoms with van der Waals surface area (Å²) < 4.78 is 0. The lowest BCUT2D eigenvalue weighted by Crippen LogP contribution is -1.85. The van der Waals surface area contributed by atoms with Gasteiger partial charge in [-0.2, -0.15) is 0 Å². The molecule has 0 aliphatic rings. The molecule has 1 N–H and O–H groups in total. The molecule has 0 aromatic rings. The first-order valence-electron chi connectivity index (χ1n) is 2.41. The molecule has 40 valence electrons. The van der Waals surface area contributed by atoms with Crippen molar-refractivity contribution >= 4 is 19.5 Å². The fourth-order valence-corrected chi connectivity index (χ4v) is 0. The van der Waals surface area contributed by atoms with Crippen LogP contribution in [0.2, 0.25) is 0 Å². The molecule has 0 heterocycles. The molecule has 0 saturated heterocycles. The molecule has 0 aromatic carbocycles. The molecule has 0 saturated carbocycles. The van der Waals surface area contributed by atoms with Gasteiger partial charge >= 0.3 is 0 Å². The zero-order valence-corrected chi connectivity index (χ0v) is 9.02. The van der Waals surface area contributed by atoms with Crippen LogP contribution in [0.15, 0.2) is 0 Å². The minimum absolute atomic E-state index is 0.167. The molecule has 0 atom stereocenters. The Kier molecular flexibility index (Phi) is 14.5. The summed E-state index contributed by atoms with van der Waals surface area (Å²) in [5.74, 6) is 0. The molecule has 0 amide bonds. The lowest BCUT2D eigenvalue weighted by Gasteiger charge is -1.80. The fourth-order valence-electron chi connectivity index (χ4n) is 0. The molecule has 0 unspecified atom stereocenters. The van der Waals surface area contributed by atoms with Crippen LogP contribution in [-0.4, -0.2) is 30.7 Å². The van der Waals surface area contributed by atoms with Gasteiger partial charge in [0.1, 0.15) is 0 Å². The molecular weight excluding hydrogens is 108 g/mol. The highest BCUT2D eigenvalue weighted by Gasteiger charge is 1.69. The van der Waals surface area contributed by atoms with E-state index in [1.807, 2.05) is 0 Å². The number of hydrogen-bond donors (Lipinski definition) is 1. The fraction of sp³-hybridized carbons (Fsp3) is 1.00. The van der Waals surface area contributed by atoms with Gasteiger partial charge < -0.3 is 5.11 Å². The van der Waals surface area contributed by atoms with E-state index in [1.54, 1.807) is 13.8 Å². The molecule has 0 spiro atoms. The molecule has 0 aliphatic heterocycles. The molecule has 6 heavy (non-hydrogen) atoms. The quantitative estimate of drug-likeness (QED) is 0.369. The predicted octanol–water partition coefficient (Wildman–Crippen LogP) is -1.98. The second kappa shape index (κ2) is 9.04. The van der Waals surface area contributed by atoms with Crippen molar-refractivity contribution in [1.82, 2.24) is 0 Å². The summed E-state index contributed by atoms with van der Waals surface area (Å²) >= 11 is 0. The minimum Gasteiger partial charge on any atom is -0.394 e. The Bertz CT molecular complexity index is 13.5. The van der Waals surface area contributed by atoms with E-state index in [0.717, 1.165) is 0 Å². The molecule has 3 heteroatoms. The van der Waals surface area contributed by atoms with Crippen molar-refractivity contribution < 1.29 is 5.11 Å². The maximum atomic E-state index is 8.06. The van der Waals surface area contributed by atoms with Crippen LogP contribution in [0.5, 0.6) is 0 Å². The lowest BCUT2D eigenvalue weighted by molar-refractivity contribution is 0.216. The first kappa shape index (κ1) is 9.64. The van der Waals surface area contributed by atoms with Gasteiger partial charge in [-0.15, -0.1) is 0 Å². The van der Waals surface area contributed by atoms with Crippen molar-refractivity contribution in [3.8, 4) is 0 Å². The first-order valence-corrected chi connectivity index (χ1v) is 10.4. The highest BCUT2D eigenvalue weighted by atomic mass is 29.1. The van der Waals surface area contributed by atoms with E-state index in [0.29, 0.717) is 0 Å². The van der Waals surface area contributed by atoms with Crippen molar-refractivity contribution in [2.24, 2.45) is 0 Å². The highest BCUT2D eigenvalue weighted by Crippen LogP contribution is 1.65. The molecule has 0 fully saturated rings. The van der Waals surface area contributed by atoms with Gasteiger partial charge in [-0.05, 0) is 33.4 Å². The molecule has 0 bridgehead atoms. The smallest absolute Gasteiger partial charge is 0.0483 e. The van der Waals surface area contributed by atoms with Gasteiger partial charge in [0.2, 0.25) is 0 Å². The second-order valence-corrected chi connectivity index (χ2v) is 1.09. The monoisotopic (exact) mass is 122 g/mol. The van der Waals surface area contributed by atoms with Gasteiger partial charge in [0.15, 0.2) is 0 Å². The van der Waals surface area contributed by atoms with Crippen LogP contribution in [0.1, 0.15) is 13.8 Å². The van der Waals surface area contributed by atoms with E-state index in [4.69, 9.17) is 5.11 Å². The van der Waals surface area contributed by atoms with Crippen LogP contribution >= 0.6 is 0 Å². The lowest BCUT2D eigenvalue weighted by atomic mass is 10.5. The van der Waals surface area contributed by atoms with Crippen LogP contribution in [0, 0.1) is 0 Å². The maximum absolute atomic E-state index is 8.06. The molecule has 0 aromatic heterocycles. The van der Waals surface area contributed by atoms with Gasteiger partial charge in [-0.25, -0.2) is 0 Å². The zero-order chi connectivity index (χ0) is 5.58. The Balaban J connectivity index is 0. The summed E-state index contributed by atoms with van der Waals surface area (Å²) in [4.78, 5) is 0. The second-order valence-electron chi connectivity index (χ2n) is 1.09. The van der Waals surface area contributed by atoms with Gasteiger partial charge in [0.05, 0.1) is 0 Å². The molecule has 0 radical (unpaired) electrons. The van der Waals surface area contributed by atoms with E-state index in [-0.39, 0.29) is 6.10 Å². The molecule has 0 aliphatic carbocycles. The summed E-state index contributed by atoms with van der Waals surface area (Å²) in [6, 6.07) is 0. The summed E-state index contributed by atoms with van der Waals surface area (Å²) in [5.41, 5.74) is 0.